The predicted octanol–water partition coefficient (Wildman–Crippen LogP) is -0.577. The number of unbranched alkanes of at least 4 members (excludes halogenated alkanes) is 2. The quantitative estimate of drug-likeness (QED) is 0.167. The van der Waals surface area contributed by atoms with Gasteiger partial charge in [-0.15, -0.1) is 0 Å². The standard InChI is InChI=1S/C18H28N6O6.C3H8/c19-17(29)12(5-4-9-21-18(20)30)23-14(26)11-22-13(25)6-2-1-3-10-24-15(27)7-8-16(24)28;1-3-2/h7-8,12H,1-6,9-11H2,(H2,19,29)(H,22,25)(H,23,26)(H3,20,21,30);3H2,1-2H3/t12-;/m0./s1. The number of nitrogens with two attached hydrogens (primary N) is 2. The van der Waals surface area contributed by atoms with E-state index >= 15 is 0 Å². The minimum absolute atomic E-state index is 0.186. The van der Waals surface area contributed by atoms with Crippen molar-refractivity contribution in [1.82, 2.24) is 20.9 Å². The summed E-state index contributed by atoms with van der Waals surface area (Å²) in [6, 6.07) is -1.61. The second-order valence-electron chi connectivity index (χ2n) is 7.41. The Morgan fingerprint density at radius 1 is 0.909 bits per heavy atom. The highest BCUT2D eigenvalue weighted by Crippen LogP contribution is 2.07. The monoisotopic (exact) mass is 468 g/mol. The number of hydrogen-bond donors (Lipinski definition) is 5. The maximum Gasteiger partial charge on any atom is 0.312 e. The molecule has 0 radical (unpaired) electrons. The number of primary amides is 2. The van der Waals surface area contributed by atoms with Gasteiger partial charge >= 0.3 is 6.03 Å². The van der Waals surface area contributed by atoms with E-state index in [1.807, 2.05) is 0 Å². The number of carbonyl (C=O) groups excluding carboxylic acids is 6. The number of nitrogens with zero attached hydrogens (tertiary/aromatic N) is 1. The van der Waals surface area contributed by atoms with Crippen molar-refractivity contribution >= 4 is 35.6 Å². The molecule has 1 aliphatic heterocycles. The van der Waals surface area contributed by atoms with Gasteiger partial charge in [-0.1, -0.05) is 26.7 Å². The molecule has 12 nitrogen and oxygen atoms in total. The van der Waals surface area contributed by atoms with Gasteiger partial charge in [0, 0.05) is 31.7 Å². The molecule has 0 saturated carbocycles. The van der Waals surface area contributed by atoms with Crippen molar-refractivity contribution in [3.8, 4) is 0 Å². The summed E-state index contributed by atoms with van der Waals surface area (Å²) in [7, 11) is 0. The van der Waals surface area contributed by atoms with Crippen LogP contribution in [0.4, 0.5) is 4.79 Å². The van der Waals surface area contributed by atoms with Crippen LogP contribution < -0.4 is 27.4 Å². The van der Waals surface area contributed by atoms with Crippen LogP contribution in [0.1, 0.15) is 58.8 Å². The van der Waals surface area contributed by atoms with Crippen LogP contribution in [0.15, 0.2) is 12.2 Å². The average Bonchev–Trinajstić information content (AvgIpc) is 3.06. The predicted molar refractivity (Wildman–Crippen MR) is 121 cm³/mol. The molecule has 186 valence electrons. The van der Waals surface area contributed by atoms with E-state index in [1.165, 1.54) is 18.6 Å². The third kappa shape index (κ3) is 14.3. The maximum atomic E-state index is 11.9. The van der Waals surface area contributed by atoms with Gasteiger partial charge in [0.1, 0.15) is 6.04 Å². The molecule has 12 heteroatoms. The molecule has 0 aliphatic carbocycles. The molecule has 1 heterocycles. The molecule has 0 aromatic heterocycles. The highest BCUT2D eigenvalue weighted by molar-refractivity contribution is 6.12. The van der Waals surface area contributed by atoms with E-state index < -0.39 is 23.9 Å². The molecule has 0 unspecified atom stereocenters. The largest absolute Gasteiger partial charge is 0.368 e. The Kier molecular flexibility index (Phi) is 15.4. The van der Waals surface area contributed by atoms with Gasteiger partial charge in [-0.3, -0.25) is 28.9 Å². The van der Waals surface area contributed by atoms with Crippen LogP contribution in [-0.2, 0) is 24.0 Å². The third-order valence-corrected chi connectivity index (χ3v) is 4.28. The van der Waals surface area contributed by atoms with E-state index in [0.29, 0.717) is 32.2 Å². The first-order valence-corrected chi connectivity index (χ1v) is 11.0. The lowest BCUT2D eigenvalue weighted by atomic mass is 10.1. The number of amides is 7. The fraction of sp³-hybridized carbons (Fsp3) is 0.619. The van der Waals surface area contributed by atoms with Gasteiger partial charge in [0.2, 0.25) is 17.7 Å². The van der Waals surface area contributed by atoms with E-state index in [0.717, 1.165) is 4.90 Å². The summed E-state index contributed by atoms with van der Waals surface area (Å²) in [6.07, 6.45) is 6.24. The van der Waals surface area contributed by atoms with Crippen molar-refractivity contribution in [2.24, 2.45) is 11.5 Å². The summed E-state index contributed by atoms with van der Waals surface area (Å²) < 4.78 is 0. The summed E-state index contributed by atoms with van der Waals surface area (Å²) in [5.74, 6) is -2.28. The van der Waals surface area contributed by atoms with Crippen LogP contribution in [0, 0.1) is 0 Å². The Morgan fingerprint density at radius 3 is 2.06 bits per heavy atom. The van der Waals surface area contributed by atoms with Gasteiger partial charge in [0.05, 0.1) is 6.54 Å². The van der Waals surface area contributed by atoms with Crippen molar-refractivity contribution in [2.45, 2.75) is 64.8 Å². The zero-order valence-corrected chi connectivity index (χ0v) is 19.4. The van der Waals surface area contributed by atoms with Gasteiger partial charge in [0.15, 0.2) is 0 Å². The SMILES string of the molecule is CCC.NC(=O)NCCC[C@H](NC(=O)CNC(=O)CCCCCN1C(=O)C=CC1=O)C(N)=O. The number of hydrogen-bond acceptors (Lipinski definition) is 6. The van der Waals surface area contributed by atoms with Crippen molar-refractivity contribution in [3.63, 3.8) is 0 Å². The van der Waals surface area contributed by atoms with E-state index in [-0.39, 0.29) is 43.7 Å². The smallest absolute Gasteiger partial charge is 0.312 e. The molecule has 33 heavy (non-hydrogen) atoms. The zero-order chi connectivity index (χ0) is 25.2. The normalized spacial score (nSPS) is 13.1. The van der Waals surface area contributed by atoms with Crippen LogP contribution in [0.2, 0.25) is 0 Å². The van der Waals surface area contributed by atoms with Gasteiger partial charge in [-0.05, 0) is 25.7 Å². The summed E-state index contributed by atoms with van der Waals surface area (Å²) >= 11 is 0. The van der Waals surface area contributed by atoms with Gasteiger partial charge in [-0.2, -0.15) is 0 Å². The molecule has 1 atom stereocenters. The van der Waals surface area contributed by atoms with Crippen molar-refractivity contribution in [2.75, 3.05) is 19.6 Å². The fourth-order valence-electron chi connectivity index (χ4n) is 2.70. The molecule has 7 N–H and O–H groups in total. The molecule has 0 spiro atoms. The minimum Gasteiger partial charge on any atom is -0.368 e. The fourth-order valence-corrected chi connectivity index (χ4v) is 2.70. The summed E-state index contributed by atoms with van der Waals surface area (Å²) in [5, 5.41) is 7.24. The molecular formula is C21H36N6O6. The average molecular weight is 469 g/mol. The molecule has 0 bridgehead atoms. The molecular weight excluding hydrogens is 432 g/mol. The second kappa shape index (κ2) is 17.2. The Morgan fingerprint density at radius 2 is 1.52 bits per heavy atom. The van der Waals surface area contributed by atoms with Crippen LogP contribution >= 0.6 is 0 Å². The summed E-state index contributed by atoms with van der Waals surface area (Å²) in [4.78, 5) is 69.6. The van der Waals surface area contributed by atoms with Crippen molar-refractivity contribution in [1.29, 1.82) is 0 Å². The van der Waals surface area contributed by atoms with Crippen LogP contribution in [-0.4, -0.2) is 66.1 Å². The van der Waals surface area contributed by atoms with Gasteiger partial charge in [-0.25, -0.2) is 4.79 Å². The number of rotatable bonds is 14. The van der Waals surface area contributed by atoms with E-state index in [2.05, 4.69) is 29.8 Å². The second-order valence-corrected chi connectivity index (χ2v) is 7.41. The minimum atomic E-state index is -0.922. The molecule has 1 rings (SSSR count). The molecule has 0 fully saturated rings. The lowest BCUT2D eigenvalue weighted by Gasteiger charge is -2.16. The summed E-state index contributed by atoms with van der Waals surface area (Å²) in [5.41, 5.74) is 10.2. The molecule has 0 aromatic rings. The Labute approximate surface area is 193 Å². The Hall–Kier alpha value is -3.44. The first-order valence-electron chi connectivity index (χ1n) is 11.0. The zero-order valence-electron chi connectivity index (χ0n) is 19.4. The van der Waals surface area contributed by atoms with Gasteiger partial charge < -0.3 is 27.4 Å². The molecule has 0 aromatic carbocycles. The van der Waals surface area contributed by atoms with E-state index in [9.17, 15) is 28.8 Å². The number of carbonyl (C=O) groups is 6. The Bertz CT molecular complexity index is 706. The molecule has 1 aliphatic rings. The lowest BCUT2D eigenvalue weighted by Crippen LogP contribution is -2.48. The summed E-state index contributed by atoms with van der Waals surface area (Å²) in [6.45, 7) is 4.49. The van der Waals surface area contributed by atoms with E-state index in [4.69, 9.17) is 11.5 Å². The first kappa shape index (κ1) is 29.6. The van der Waals surface area contributed by atoms with Crippen molar-refractivity contribution in [3.05, 3.63) is 12.2 Å². The lowest BCUT2D eigenvalue weighted by molar-refractivity contribution is -0.137. The highest BCUT2D eigenvalue weighted by Gasteiger charge is 2.22. The number of urea groups is 1. The Balaban J connectivity index is 0.00000322. The highest BCUT2D eigenvalue weighted by atomic mass is 16.2. The number of imide groups is 1. The maximum absolute atomic E-state index is 11.9. The molecule has 0 saturated heterocycles. The first-order chi connectivity index (χ1) is 15.6. The van der Waals surface area contributed by atoms with Crippen LogP contribution in [0.5, 0.6) is 0 Å². The van der Waals surface area contributed by atoms with Crippen LogP contribution in [0.25, 0.3) is 0 Å². The van der Waals surface area contributed by atoms with Crippen molar-refractivity contribution < 1.29 is 28.8 Å². The van der Waals surface area contributed by atoms with Crippen LogP contribution in [0.3, 0.4) is 0 Å². The van der Waals surface area contributed by atoms with Gasteiger partial charge in [0.25, 0.3) is 11.8 Å². The molecule has 7 amide bonds. The topological polar surface area (TPSA) is 194 Å². The van der Waals surface area contributed by atoms with E-state index in [1.54, 1.807) is 0 Å². The third-order valence-electron chi connectivity index (χ3n) is 4.28. The number of nitrogens with one attached hydrogen (secondary N) is 3.